The topological polar surface area (TPSA) is 102 Å². The van der Waals surface area contributed by atoms with Gasteiger partial charge in [-0.2, -0.15) is 5.26 Å². The number of furan rings is 1. The molecular weight excluding hydrogens is 372 g/mol. The fourth-order valence-electron chi connectivity index (χ4n) is 2.63. The molecule has 0 spiro atoms. The lowest BCUT2D eigenvalue weighted by atomic mass is 10.1. The lowest BCUT2D eigenvalue weighted by molar-refractivity contribution is -0.157. The number of nitriles is 1. The minimum Gasteiger partial charge on any atom is -0.482 e. The second-order valence-corrected chi connectivity index (χ2v) is 7.33. The van der Waals surface area contributed by atoms with Gasteiger partial charge in [0.2, 0.25) is 0 Å². The van der Waals surface area contributed by atoms with Gasteiger partial charge in [-0.25, -0.2) is 4.79 Å². The highest BCUT2D eigenvalue weighted by Crippen LogP contribution is 2.24. The van der Waals surface area contributed by atoms with Crippen LogP contribution in [0.15, 0.2) is 53.1 Å². The van der Waals surface area contributed by atoms with Gasteiger partial charge in [-0.1, -0.05) is 0 Å². The van der Waals surface area contributed by atoms with E-state index in [9.17, 15) is 9.59 Å². The van der Waals surface area contributed by atoms with Gasteiger partial charge in [0.25, 0.3) is 5.91 Å². The number of esters is 1. The van der Waals surface area contributed by atoms with Crippen LogP contribution in [0.5, 0.6) is 5.75 Å². The maximum atomic E-state index is 12.5. The zero-order chi connectivity index (χ0) is 21.0. The Morgan fingerprint density at radius 1 is 1.14 bits per heavy atom. The predicted molar refractivity (Wildman–Crippen MR) is 107 cm³/mol. The first-order chi connectivity index (χ1) is 13.7. The molecule has 0 saturated carbocycles. The van der Waals surface area contributed by atoms with Crippen LogP contribution >= 0.6 is 0 Å². The molecule has 2 aromatic carbocycles. The van der Waals surface area contributed by atoms with Crippen molar-refractivity contribution >= 4 is 28.3 Å². The molecule has 1 aromatic heterocycles. The summed E-state index contributed by atoms with van der Waals surface area (Å²) in [4.78, 5) is 24.2. The van der Waals surface area contributed by atoms with E-state index < -0.39 is 17.5 Å². The van der Waals surface area contributed by atoms with Gasteiger partial charge in [0.05, 0.1) is 17.9 Å². The molecule has 0 aliphatic carbocycles. The smallest absolute Gasteiger partial charge is 0.344 e. The molecule has 0 fully saturated rings. The maximum absolute atomic E-state index is 12.5. The molecule has 0 saturated heterocycles. The van der Waals surface area contributed by atoms with Crippen molar-refractivity contribution in [2.24, 2.45) is 0 Å². The van der Waals surface area contributed by atoms with Gasteiger partial charge in [0.1, 0.15) is 11.4 Å². The first-order valence-corrected chi connectivity index (χ1v) is 8.92. The number of carbonyl (C=O) groups excluding carboxylic acids is 2. The fourth-order valence-corrected chi connectivity index (χ4v) is 2.63. The summed E-state index contributed by atoms with van der Waals surface area (Å²) in [7, 11) is 0. The minimum atomic E-state index is -0.569. The Labute approximate surface area is 167 Å². The van der Waals surface area contributed by atoms with Gasteiger partial charge in [0, 0.05) is 16.5 Å². The van der Waals surface area contributed by atoms with Crippen LogP contribution in [-0.2, 0) is 9.53 Å². The number of ether oxygens (including phenoxy) is 2. The third-order valence-corrected chi connectivity index (χ3v) is 3.82. The van der Waals surface area contributed by atoms with Crippen LogP contribution in [-0.4, -0.2) is 24.1 Å². The summed E-state index contributed by atoms with van der Waals surface area (Å²) in [5.41, 5.74) is 0.464. The van der Waals surface area contributed by atoms with E-state index in [1.165, 1.54) is 6.26 Å². The van der Waals surface area contributed by atoms with Crippen LogP contribution in [0.2, 0.25) is 0 Å². The van der Waals surface area contributed by atoms with Crippen molar-refractivity contribution in [2.45, 2.75) is 26.4 Å². The summed E-state index contributed by atoms with van der Waals surface area (Å²) in [6.45, 7) is 5.15. The Bertz CT molecular complexity index is 1090. The summed E-state index contributed by atoms with van der Waals surface area (Å²) >= 11 is 0. The van der Waals surface area contributed by atoms with Crippen LogP contribution in [0.4, 0.5) is 5.69 Å². The Kier molecular flexibility index (Phi) is 5.55. The quantitative estimate of drug-likeness (QED) is 0.651. The van der Waals surface area contributed by atoms with E-state index in [0.29, 0.717) is 27.8 Å². The van der Waals surface area contributed by atoms with E-state index in [-0.39, 0.29) is 12.4 Å². The van der Waals surface area contributed by atoms with Crippen molar-refractivity contribution in [3.63, 3.8) is 0 Å². The van der Waals surface area contributed by atoms with Gasteiger partial charge in [-0.3, -0.25) is 4.79 Å². The molecule has 7 heteroatoms. The highest BCUT2D eigenvalue weighted by Gasteiger charge is 2.17. The number of nitrogens with one attached hydrogen (secondary N) is 1. The largest absolute Gasteiger partial charge is 0.482 e. The van der Waals surface area contributed by atoms with Gasteiger partial charge in [-0.15, -0.1) is 0 Å². The number of benzene rings is 2. The Balaban J connectivity index is 1.62. The lowest BCUT2D eigenvalue weighted by Crippen LogP contribution is -2.27. The number of hydrogen-bond acceptors (Lipinski definition) is 6. The van der Waals surface area contributed by atoms with Crippen molar-refractivity contribution in [3.8, 4) is 11.8 Å². The second kappa shape index (κ2) is 8.07. The monoisotopic (exact) mass is 392 g/mol. The van der Waals surface area contributed by atoms with E-state index in [1.54, 1.807) is 63.2 Å². The number of anilines is 1. The van der Waals surface area contributed by atoms with Crippen LogP contribution in [0.1, 0.15) is 36.9 Å². The zero-order valence-corrected chi connectivity index (χ0v) is 16.3. The molecule has 1 amide bonds. The molecule has 0 bridgehead atoms. The SMILES string of the molecule is CC(C)(C)OC(=O)COc1ccc(NC(=O)c2occ3cc(C#N)ccc23)cc1. The van der Waals surface area contributed by atoms with Crippen LogP contribution in [0.25, 0.3) is 10.8 Å². The van der Waals surface area contributed by atoms with E-state index >= 15 is 0 Å². The van der Waals surface area contributed by atoms with Gasteiger partial charge in [0.15, 0.2) is 12.4 Å². The van der Waals surface area contributed by atoms with Crippen molar-refractivity contribution in [1.29, 1.82) is 5.26 Å². The molecular formula is C22H20N2O5. The molecule has 1 N–H and O–H groups in total. The number of carbonyl (C=O) groups is 2. The number of amides is 1. The summed E-state index contributed by atoms with van der Waals surface area (Å²) < 4.78 is 16.0. The highest BCUT2D eigenvalue weighted by molar-refractivity contribution is 6.11. The standard InChI is InChI=1S/C22H20N2O5/c1-22(2,3)29-19(25)13-27-17-7-5-16(6-8-17)24-21(26)20-18-9-4-14(11-23)10-15(18)12-28-20/h4-10,12H,13H2,1-3H3,(H,24,26). The Morgan fingerprint density at radius 3 is 2.52 bits per heavy atom. The minimum absolute atomic E-state index is 0.162. The number of rotatable bonds is 5. The molecule has 3 aromatic rings. The highest BCUT2D eigenvalue weighted by atomic mass is 16.6. The lowest BCUT2D eigenvalue weighted by Gasteiger charge is -2.19. The maximum Gasteiger partial charge on any atom is 0.344 e. The van der Waals surface area contributed by atoms with Crippen molar-refractivity contribution in [3.05, 3.63) is 60.1 Å². The second-order valence-electron chi connectivity index (χ2n) is 7.33. The molecule has 7 nitrogen and oxygen atoms in total. The van der Waals surface area contributed by atoms with Crippen LogP contribution in [0.3, 0.4) is 0 Å². The predicted octanol–water partition coefficient (Wildman–Crippen LogP) is 4.28. The first-order valence-electron chi connectivity index (χ1n) is 8.92. The first kappa shape index (κ1) is 20.0. The third kappa shape index (κ3) is 5.14. The fraction of sp³-hybridized carbons (Fsp3) is 0.227. The molecule has 148 valence electrons. The average Bonchev–Trinajstić information content (AvgIpc) is 3.09. The van der Waals surface area contributed by atoms with Crippen LogP contribution in [0, 0.1) is 11.3 Å². The average molecular weight is 392 g/mol. The number of nitrogens with zero attached hydrogens (tertiary/aromatic N) is 1. The van der Waals surface area contributed by atoms with E-state index in [4.69, 9.17) is 19.2 Å². The van der Waals surface area contributed by atoms with Gasteiger partial charge >= 0.3 is 5.97 Å². The number of hydrogen-bond donors (Lipinski definition) is 1. The summed E-state index contributed by atoms with van der Waals surface area (Å²) in [5.74, 6) is -0.234. The molecule has 0 unspecified atom stereocenters. The van der Waals surface area contributed by atoms with Crippen molar-refractivity contribution < 1.29 is 23.5 Å². The molecule has 0 radical (unpaired) electrons. The Morgan fingerprint density at radius 2 is 1.86 bits per heavy atom. The van der Waals surface area contributed by atoms with Crippen molar-refractivity contribution in [2.75, 3.05) is 11.9 Å². The normalized spacial score (nSPS) is 11.0. The molecule has 0 aliphatic heterocycles. The van der Waals surface area contributed by atoms with Crippen LogP contribution < -0.4 is 10.1 Å². The molecule has 3 rings (SSSR count). The number of fused-ring (bicyclic) bond motifs is 1. The zero-order valence-electron chi connectivity index (χ0n) is 16.3. The molecule has 0 atom stereocenters. The van der Waals surface area contributed by atoms with E-state index in [0.717, 1.165) is 0 Å². The van der Waals surface area contributed by atoms with Gasteiger partial charge < -0.3 is 19.2 Å². The summed E-state index contributed by atoms with van der Waals surface area (Å²) in [5, 5.41) is 13.0. The molecule has 0 aliphatic rings. The van der Waals surface area contributed by atoms with E-state index in [2.05, 4.69) is 5.32 Å². The van der Waals surface area contributed by atoms with E-state index in [1.807, 2.05) is 6.07 Å². The summed E-state index contributed by atoms with van der Waals surface area (Å²) in [6, 6.07) is 13.6. The molecule has 1 heterocycles. The third-order valence-electron chi connectivity index (χ3n) is 3.82. The van der Waals surface area contributed by atoms with Gasteiger partial charge in [-0.05, 0) is 63.2 Å². The Hall–Kier alpha value is -3.79. The molecule has 29 heavy (non-hydrogen) atoms. The van der Waals surface area contributed by atoms with Crippen molar-refractivity contribution in [1.82, 2.24) is 0 Å². The summed E-state index contributed by atoms with van der Waals surface area (Å²) in [6.07, 6.45) is 1.44.